The lowest BCUT2D eigenvalue weighted by Gasteiger charge is -2.25. The van der Waals surface area contributed by atoms with Crippen molar-refractivity contribution in [2.75, 3.05) is 6.61 Å². The van der Waals surface area contributed by atoms with Crippen molar-refractivity contribution in [2.45, 2.75) is 19.9 Å². The molecule has 4 rings (SSSR count). The lowest BCUT2D eigenvalue weighted by molar-refractivity contribution is -0.139. The van der Waals surface area contributed by atoms with Gasteiger partial charge in [0, 0.05) is 15.1 Å². The lowest BCUT2D eigenvalue weighted by Crippen LogP contribution is -2.40. The van der Waals surface area contributed by atoms with Gasteiger partial charge >= 0.3 is 5.97 Å². The number of esters is 1. The van der Waals surface area contributed by atoms with Crippen molar-refractivity contribution in [3.05, 3.63) is 99.6 Å². The van der Waals surface area contributed by atoms with E-state index in [0.29, 0.717) is 41.2 Å². The van der Waals surface area contributed by atoms with Crippen molar-refractivity contribution >= 4 is 58.2 Å². The summed E-state index contributed by atoms with van der Waals surface area (Å²) in [5.41, 5.74) is 1.72. The first-order valence-corrected chi connectivity index (χ1v) is 11.7. The first-order valence-electron chi connectivity index (χ1n) is 9.71. The molecule has 1 atom stereocenters. The number of hydrogen-bond donors (Lipinski definition) is 0. The Hall–Kier alpha value is -2.38. The van der Waals surface area contributed by atoms with Crippen LogP contribution in [0, 0.1) is 0 Å². The Morgan fingerprint density at radius 1 is 1.19 bits per heavy atom. The van der Waals surface area contributed by atoms with Gasteiger partial charge in [-0.3, -0.25) is 9.36 Å². The van der Waals surface area contributed by atoms with Crippen LogP contribution in [-0.4, -0.2) is 17.1 Å². The third-order valence-electron chi connectivity index (χ3n) is 4.97. The number of carbonyl (C=O) groups excluding carboxylic acids is 1. The van der Waals surface area contributed by atoms with Gasteiger partial charge in [-0.1, -0.05) is 70.4 Å². The van der Waals surface area contributed by atoms with Crippen LogP contribution in [0.5, 0.6) is 0 Å². The molecule has 9 heteroatoms. The van der Waals surface area contributed by atoms with E-state index >= 15 is 0 Å². The molecule has 2 aromatic carbocycles. The molecule has 3 aromatic rings. The molecule has 2 heterocycles. The Kier molecular flexibility index (Phi) is 6.58. The molecule has 1 aliphatic rings. The highest BCUT2D eigenvalue weighted by Gasteiger charge is 2.34. The summed E-state index contributed by atoms with van der Waals surface area (Å²) < 4.78 is 7.18. The number of halogens is 3. The van der Waals surface area contributed by atoms with E-state index in [9.17, 15) is 9.59 Å². The topological polar surface area (TPSA) is 60.7 Å². The zero-order valence-corrected chi connectivity index (χ0v) is 20.1. The molecule has 0 saturated heterocycles. The Labute approximate surface area is 202 Å². The van der Waals surface area contributed by atoms with Gasteiger partial charge in [-0.2, -0.15) is 0 Å². The number of benzene rings is 2. The van der Waals surface area contributed by atoms with Crippen LogP contribution in [0.4, 0.5) is 0 Å². The van der Waals surface area contributed by atoms with Crippen LogP contribution in [0.1, 0.15) is 31.0 Å². The summed E-state index contributed by atoms with van der Waals surface area (Å²) in [5.74, 6) is -0.534. The van der Waals surface area contributed by atoms with Crippen molar-refractivity contribution in [3.63, 3.8) is 0 Å². The molecular weight excluding hydrogens is 491 g/mol. The van der Waals surface area contributed by atoms with E-state index in [-0.39, 0.29) is 17.7 Å². The minimum atomic E-state index is -0.762. The first kappa shape index (κ1) is 22.8. The Morgan fingerprint density at radius 2 is 1.94 bits per heavy atom. The van der Waals surface area contributed by atoms with Crippen molar-refractivity contribution in [3.8, 4) is 0 Å². The maximum absolute atomic E-state index is 13.5. The van der Waals surface area contributed by atoms with Crippen LogP contribution in [0.3, 0.4) is 0 Å². The van der Waals surface area contributed by atoms with Crippen molar-refractivity contribution in [2.24, 2.45) is 4.99 Å². The number of hydrogen-bond acceptors (Lipinski definition) is 5. The highest BCUT2D eigenvalue weighted by Crippen LogP contribution is 2.34. The lowest BCUT2D eigenvalue weighted by atomic mass is 9.96. The van der Waals surface area contributed by atoms with Crippen molar-refractivity contribution in [1.29, 1.82) is 0 Å². The van der Waals surface area contributed by atoms with E-state index in [1.54, 1.807) is 56.3 Å². The molecule has 0 N–H and O–H groups in total. The van der Waals surface area contributed by atoms with E-state index in [1.807, 2.05) is 6.07 Å². The van der Waals surface area contributed by atoms with Crippen LogP contribution < -0.4 is 14.9 Å². The fraction of sp³-hybridized carbons (Fsp3) is 0.174. The minimum Gasteiger partial charge on any atom is -0.463 e. The van der Waals surface area contributed by atoms with E-state index in [2.05, 4.69) is 4.99 Å². The maximum atomic E-state index is 13.5. The smallest absolute Gasteiger partial charge is 0.338 e. The molecule has 1 unspecified atom stereocenters. The second-order valence-corrected chi connectivity index (χ2v) is 9.25. The monoisotopic (exact) mass is 506 g/mol. The van der Waals surface area contributed by atoms with Gasteiger partial charge in [0.05, 0.1) is 22.4 Å². The Balaban J connectivity index is 1.99. The number of carbonyl (C=O) groups is 1. The molecule has 5 nitrogen and oxygen atoms in total. The molecule has 0 amide bonds. The van der Waals surface area contributed by atoms with Gasteiger partial charge in [-0.25, -0.2) is 9.79 Å². The van der Waals surface area contributed by atoms with Gasteiger partial charge in [0.1, 0.15) is 6.04 Å². The Bertz CT molecular complexity index is 1440. The standard InChI is InChI=1S/C23H17Cl3N2O3S/c1-3-31-22(30)19-12(2)27-23-28(20(19)15-6-4-5-7-16(15)25)21(29)18(32-23)10-13-8-9-14(24)11-17(13)26/h4-11,20H,3H2,1-2H3. The summed E-state index contributed by atoms with van der Waals surface area (Å²) in [7, 11) is 0. The zero-order valence-electron chi connectivity index (χ0n) is 17.1. The van der Waals surface area contributed by atoms with Gasteiger partial charge in [-0.15, -0.1) is 0 Å². The summed E-state index contributed by atoms with van der Waals surface area (Å²) in [4.78, 5) is 31.4. The number of thiazole rings is 1. The van der Waals surface area contributed by atoms with E-state index in [4.69, 9.17) is 39.5 Å². The SMILES string of the molecule is CCOC(=O)C1=C(C)N=c2sc(=Cc3ccc(Cl)cc3Cl)c(=O)n2C1c1ccccc1Cl. The van der Waals surface area contributed by atoms with Crippen LogP contribution >= 0.6 is 46.1 Å². The first-order chi connectivity index (χ1) is 15.3. The van der Waals surface area contributed by atoms with Gasteiger partial charge < -0.3 is 4.74 Å². The molecule has 0 fully saturated rings. The predicted octanol–water partition coefficient (Wildman–Crippen LogP) is 4.76. The summed E-state index contributed by atoms with van der Waals surface area (Å²) in [6.07, 6.45) is 1.69. The Morgan fingerprint density at radius 3 is 2.62 bits per heavy atom. The van der Waals surface area contributed by atoms with E-state index < -0.39 is 12.0 Å². The van der Waals surface area contributed by atoms with Crippen molar-refractivity contribution < 1.29 is 9.53 Å². The molecular formula is C23H17Cl3N2O3S. The number of ether oxygens (including phenoxy) is 1. The number of allylic oxidation sites excluding steroid dienone is 1. The molecule has 0 aliphatic carbocycles. The van der Waals surface area contributed by atoms with Gasteiger partial charge in [0.25, 0.3) is 5.56 Å². The molecule has 1 aliphatic heterocycles. The van der Waals surface area contributed by atoms with Crippen LogP contribution in [0.2, 0.25) is 15.1 Å². The third kappa shape index (κ3) is 4.16. The second-order valence-electron chi connectivity index (χ2n) is 6.99. The van der Waals surface area contributed by atoms with Crippen LogP contribution in [0.15, 0.2) is 63.5 Å². The largest absolute Gasteiger partial charge is 0.463 e. The average molecular weight is 508 g/mol. The maximum Gasteiger partial charge on any atom is 0.338 e. The molecule has 0 saturated carbocycles. The highest BCUT2D eigenvalue weighted by molar-refractivity contribution is 7.07. The molecule has 0 radical (unpaired) electrons. The normalized spacial score (nSPS) is 16.0. The van der Waals surface area contributed by atoms with E-state index in [0.717, 1.165) is 0 Å². The number of fused-ring (bicyclic) bond motifs is 1. The third-order valence-corrected chi connectivity index (χ3v) is 6.86. The van der Waals surface area contributed by atoms with Gasteiger partial charge in [-0.05, 0) is 49.2 Å². The molecule has 164 valence electrons. The average Bonchev–Trinajstić information content (AvgIpc) is 3.04. The number of nitrogens with zero attached hydrogens (tertiary/aromatic N) is 2. The highest BCUT2D eigenvalue weighted by atomic mass is 35.5. The number of rotatable bonds is 4. The summed E-state index contributed by atoms with van der Waals surface area (Å²) in [6.45, 7) is 3.65. The second kappa shape index (κ2) is 9.24. The zero-order chi connectivity index (χ0) is 23.0. The summed E-state index contributed by atoms with van der Waals surface area (Å²) >= 11 is 20.0. The minimum absolute atomic E-state index is 0.199. The van der Waals surface area contributed by atoms with Crippen molar-refractivity contribution in [1.82, 2.24) is 4.57 Å². The molecule has 0 bridgehead atoms. The molecule has 1 aromatic heterocycles. The molecule has 32 heavy (non-hydrogen) atoms. The predicted molar refractivity (Wildman–Crippen MR) is 128 cm³/mol. The van der Waals surface area contributed by atoms with Gasteiger partial charge in [0.15, 0.2) is 4.80 Å². The van der Waals surface area contributed by atoms with Crippen LogP contribution in [0.25, 0.3) is 6.08 Å². The molecule has 0 spiro atoms. The van der Waals surface area contributed by atoms with Gasteiger partial charge in [0.2, 0.25) is 0 Å². The van der Waals surface area contributed by atoms with Crippen LogP contribution in [-0.2, 0) is 9.53 Å². The quantitative estimate of drug-likeness (QED) is 0.479. The fourth-order valence-corrected chi connectivity index (χ4v) is 5.28. The fourth-order valence-electron chi connectivity index (χ4n) is 3.54. The summed E-state index contributed by atoms with van der Waals surface area (Å²) in [6, 6.07) is 11.4. The number of aromatic nitrogens is 1. The van der Waals surface area contributed by atoms with E-state index in [1.165, 1.54) is 15.9 Å². The summed E-state index contributed by atoms with van der Waals surface area (Å²) in [5, 5.41) is 1.36.